The molecule has 1 unspecified atom stereocenters. The number of ether oxygens (including phenoxy) is 1. The van der Waals surface area contributed by atoms with E-state index in [1.807, 2.05) is 6.92 Å². The second kappa shape index (κ2) is 6.84. The van der Waals surface area contributed by atoms with E-state index in [1.165, 1.54) is 0 Å². The van der Waals surface area contributed by atoms with Gasteiger partial charge in [-0.3, -0.25) is 0 Å². The third-order valence-electron chi connectivity index (χ3n) is 2.34. The largest absolute Gasteiger partial charge is 0.379 e. The molecule has 1 N–H and O–H groups in total. The summed E-state index contributed by atoms with van der Waals surface area (Å²) in [5.74, 6) is -0.372. The van der Waals surface area contributed by atoms with E-state index in [-0.39, 0.29) is 16.9 Å². The zero-order chi connectivity index (χ0) is 12.0. The summed E-state index contributed by atoms with van der Waals surface area (Å²) < 4.78 is 19.1. The van der Waals surface area contributed by atoms with Crippen molar-refractivity contribution in [2.45, 2.75) is 19.4 Å². The molecular formula is C12H17ClFNO. The van der Waals surface area contributed by atoms with Crippen molar-refractivity contribution in [3.8, 4) is 0 Å². The molecule has 1 rings (SSSR count). The van der Waals surface area contributed by atoms with Crippen LogP contribution in [0.15, 0.2) is 18.2 Å². The number of rotatable bonds is 6. The smallest absolute Gasteiger partial charge is 0.146 e. The Hall–Kier alpha value is -0.640. The van der Waals surface area contributed by atoms with Crippen molar-refractivity contribution in [3.63, 3.8) is 0 Å². The van der Waals surface area contributed by atoms with Crippen LogP contribution in [-0.4, -0.2) is 20.3 Å². The van der Waals surface area contributed by atoms with E-state index in [0.717, 1.165) is 6.42 Å². The van der Waals surface area contributed by atoms with E-state index in [0.29, 0.717) is 18.8 Å². The first-order valence-electron chi connectivity index (χ1n) is 5.39. The zero-order valence-corrected chi connectivity index (χ0v) is 10.4. The third kappa shape index (κ3) is 3.44. The average Bonchev–Trinajstić information content (AvgIpc) is 2.29. The molecule has 0 heterocycles. The highest BCUT2D eigenvalue weighted by Gasteiger charge is 2.15. The molecular weight excluding hydrogens is 229 g/mol. The summed E-state index contributed by atoms with van der Waals surface area (Å²) in [7, 11) is 1.78. The van der Waals surface area contributed by atoms with E-state index in [4.69, 9.17) is 16.3 Å². The second-order valence-corrected chi connectivity index (χ2v) is 3.97. The molecule has 0 saturated carbocycles. The van der Waals surface area contributed by atoms with Gasteiger partial charge in [-0.2, -0.15) is 0 Å². The summed E-state index contributed by atoms with van der Waals surface area (Å²) in [6.45, 7) is 3.16. The lowest BCUT2D eigenvalue weighted by Gasteiger charge is -2.17. The molecule has 0 saturated heterocycles. The molecule has 2 nitrogen and oxygen atoms in total. The molecule has 0 amide bonds. The Labute approximate surface area is 101 Å². The summed E-state index contributed by atoms with van der Waals surface area (Å²) in [5.41, 5.74) is 0.547. The third-order valence-corrected chi connectivity index (χ3v) is 2.63. The van der Waals surface area contributed by atoms with Gasteiger partial charge in [-0.25, -0.2) is 4.39 Å². The van der Waals surface area contributed by atoms with Gasteiger partial charge in [0.25, 0.3) is 0 Å². The first-order valence-corrected chi connectivity index (χ1v) is 5.77. The van der Waals surface area contributed by atoms with E-state index < -0.39 is 0 Å². The maximum atomic E-state index is 13.7. The first kappa shape index (κ1) is 13.4. The summed E-state index contributed by atoms with van der Waals surface area (Å²) >= 11 is 5.73. The van der Waals surface area contributed by atoms with Crippen LogP contribution in [0.4, 0.5) is 4.39 Å². The fourth-order valence-electron chi connectivity index (χ4n) is 1.46. The molecule has 0 radical (unpaired) electrons. The monoisotopic (exact) mass is 245 g/mol. The standard InChI is InChI=1S/C12H17ClFNO/c1-3-7-16-8-11(15-2)9-5-4-6-10(13)12(9)14/h4-6,11,15H,3,7-8H2,1-2H3. The first-order chi connectivity index (χ1) is 7.70. The van der Waals surface area contributed by atoms with Crippen LogP contribution in [0, 0.1) is 5.82 Å². The van der Waals surface area contributed by atoms with Crippen LogP contribution in [0.3, 0.4) is 0 Å². The molecule has 0 aliphatic rings. The molecule has 4 heteroatoms. The summed E-state index contributed by atoms with van der Waals surface area (Å²) in [5, 5.41) is 3.17. The van der Waals surface area contributed by atoms with E-state index in [2.05, 4.69) is 5.32 Å². The number of benzene rings is 1. The molecule has 1 aromatic carbocycles. The minimum absolute atomic E-state index is 0.147. The van der Waals surface area contributed by atoms with Crippen molar-refractivity contribution >= 4 is 11.6 Å². The van der Waals surface area contributed by atoms with Gasteiger partial charge in [0, 0.05) is 12.2 Å². The van der Waals surface area contributed by atoms with Crippen LogP contribution >= 0.6 is 11.6 Å². The Bertz CT molecular complexity index is 333. The number of halogens is 2. The Morgan fingerprint density at radius 2 is 2.25 bits per heavy atom. The number of hydrogen-bond acceptors (Lipinski definition) is 2. The number of likely N-dealkylation sites (N-methyl/N-ethyl adjacent to an activating group) is 1. The molecule has 16 heavy (non-hydrogen) atoms. The Kier molecular flexibility index (Phi) is 5.74. The van der Waals surface area contributed by atoms with E-state index >= 15 is 0 Å². The topological polar surface area (TPSA) is 21.3 Å². The van der Waals surface area contributed by atoms with Gasteiger partial charge < -0.3 is 10.1 Å². The molecule has 90 valence electrons. The fourth-order valence-corrected chi connectivity index (χ4v) is 1.65. The summed E-state index contributed by atoms with van der Waals surface area (Å²) in [4.78, 5) is 0. The lowest BCUT2D eigenvalue weighted by molar-refractivity contribution is 0.113. The summed E-state index contributed by atoms with van der Waals surface area (Å²) in [6, 6.07) is 4.84. The fraction of sp³-hybridized carbons (Fsp3) is 0.500. The normalized spacial score (nSPS) is 12.8. The molecule has 1 atom stereocenters. The molecule has 0 bridgehead atoms. The van der Waals surface area contributed by atoms with Gasteiger partial charge in [0.05, 0.1) is 17.7 Å². The molecule has 0 aromatic heterocycles. The van der Waals surface area contributed by atoms with Crippen molar-refractivity contribution in [1.29, 1.82) is 0 Å². The van der Waals surface area contributed by atoms with Crippen LogP contribution in [0.5, 0.6) is 0 Å². The predicted molar refractivity (Wildman–Crippen MR) is 64.3 cm³/mol. The van der Waals surface area contributed by atoms with Crippen LogP contribution in [-0.2, 0) is 4.74 Å². The van der Waals surface area contributed by atoms with Gasteiger partial charge in [-0.05, 0) is 19.5 Å². The zero-order valence-electron chi connectivity index (χ0n) is 9.59. The molecule has 0 spiro atoms. The maximum absolute atomic E-state index is 13.7. The highest BCUT2D eigenvalue weighted by atomic mass is 35.5. The number of nitrogens with one attached hydrogen (secondary N) is 1. The second-order valence-electron chi connectivity index (χ2n) is 3.56. The van der Waals surface area contributed by atoms with Gasteiger partial charge in [0.2, 0.25) is 0 Å². The highest BCUT2D eigenvalue weighted by molar-refractivity contribution is 6.30. The van der Waals surface area contributed by atoms with Gasteiger partial charge in [-0.1, -0.05) is 30.7 Å². The Morgan fingerprint density at radius 1 is 1.50 bits per heavy atom. The Morgan fingerprint density at radius 3 is 2.88 bits per heavy atom. The average molecular weight is 246 g/mol. The molecule has 0 fully saturated rings. The molecule has 0 aliphatic heterocycles. The molecule has 0 aliphatic carbocycles. The van der Waals surface area contributed by atoms with Crippen LogP contribution in [0.1, 0.15) is 24.9 Å². The van der Waals surface area contributed by atoms with Crippen LogP contribution in [0.2, 0.25) is 5.02 Å². The van der Waals surface area contributed by atoms with Gasteiger partial charge >= 0.3 is 0 Å². The van der Waals surface area contributed by atoms with Gasteiger partial charge in [0.1, 0.15) is 5.82 Å². The highest BCUT2D eigenvalue weighted by Crippen LogP contribution is 2.23. The lowest BCUT2D eigenvalue weighted by Crippen LogP contribution is -2.23. The van der Waals surface area contributed by atoms with Gasteiger partial charge in [0.15, 0.2) is 0 Å². The van der Waals surface area contributed by atoms with Crippen molar-refractivity contribution in [3.05, 3.63) is 34.6 Å². The van der Waals surface area contributed by atoms with Crippen molar-refractivity contribution in [2.75, 3.05) is 20.3 Å². The van der Waals surface area contributed by atoms with Crippen LogP contribution < -0.4 is 5.32 Å². The SMILES string of the molecule is CCCOCC(NC)c1cccc(Cl)c1F. The van der Waals surface area contributed by atoms with Crippen molar-refractivity contribution < 1.29 is 9.13 Å². The minimum Gasteiger partial charge on any atom is -0.379 e. The molecule has 1 aromatic rings. The van der Waals surface area contributed by atoms with Crippen molar-refractivity contribution in [2.24, 2.45) is 0 Å². The predicted octanol–water partition coefficient (Wildman–Crippen LogP) is 3.17. The maximum Gasteiger partial charge on any atom is 0.146 e. The van der Waals surface area contributed by atoms with E-state index in [1.54, 1.807) is 25.2 Å². The van der Waals surface area contributed by atoms with Crippen LogP contribution in [0.25, 0.3) is 0 Å². The summed E-state index contributed by atoms with van der Waals surface area (Å²) in [6.07, 6.45) is 0.953. The lowest BCUT2D eigenvalue weighted by atomic mass is 10.1. The van der Waals surface area contributed by atoms with Crippen molar-refractivity contribution in [1.82, 2.24) is 5.32 Å². The number of hydrogen-bond donors (Lipinski definition) is 1. The minimum atomic E-state index is -0.372. The Balaban J connectivity index is 2.74. The van der Waals surface area contributed by atoms with E-state index in [9.17, 15) is 4.39 Å². The van der Waals surface area contributed by atoms with Gasteiger partial charge in [-0.15, -0.1) is 0 Å². The quantitative estimate of drug-likeness (QED) is 0.778.